The summed E-state index contributed by atoms with van der Waals surface area (Å²) in [6, 6.07) is 13.4. The summed E-state index contributed by atoms with van der Waals surface area (Å²) < 4.78 is 58.6. The zero-order valence-corrected chi connectivity index (χ0v) is 13.8. The zero-order valence-electron chi connectivity index (χ0n) is 13.8. The Morgan fingerprint density at radius 3 is 2.30 bits per heavy atom. The second kappa shape index (κ2) is 7.90. The van der Waals surface area contributed by atoms with Gasteiger partial charge in [0.25, 0.3) is 5.91 Å². The van der Waals surface area contributed by atoms with Gasteiger partial charge in [-0.3, -0.25) is 4.79 Å². The number of para-hydroxylation sites is 1. The van der Waals surface area contributed by atoms with Gasteiger partial charge in [-0.2, -0.15) is 0 Å². The predicted molar refractivity (Wildman–Crippen MR) is 91.4 cm³/mol. The molecule has 0 aliphatic heterocycles. The lowest BCUT2D eigenvalue weighted by Crippen LogP contribution is -2.15. The fourth-order valence-corrected chi connectivity index (χ4v) is 2.33. The number of hydrogen-bond donors (Lipinski definition) is 1. The molecular formula is C20H13F4NO2. The number of ether oxygens (including phenoxy) is 1. The molecule has 138 valence electrons. The summed E-state index contributed by atoms with van der Waals surface area (Å²) in [6.45, 7) is 0.0735. The van der Waals surface area contributed by atoms with Crippen molar-refractivity contribution < 1.29 is 27.1 Å². The van der Waals surface area contributed by atoms with Gasteiger partial charge in [0.05, 0.1) is 11.3 Å². The minimum absolute atomic E-state index is 0.0729. The van der Waals surface area contributed by atoms with Crippen LogP contribution in [0.5, 0.6) is 5.75 Å². The van der Waals surface area contributed by atoms with E-state index in [1.165, 1.54) is 36.4 Å². The van der Waals surface area contributed by atoms with Crippen molar-refractivity contribution in [1.29, 1.82) is 0 Å². The molecule has 1 N–H and O–H groups in total. The first-order valence-corrected chi connectivity index (χ1v) is 7.87. The lowest BCUT2D eigenvalue weighted by molar-refractivity contribution is 0.102. The molecule has 0 fully saturated rings. The Morgan fingerprint density at radius 1 is 0.852 bits per heavy atom. The SMILES string of the molecule is O=C(Nc1ccc(F)c(F)c1F)c1ccccc1OCc1ccc(F)cc1. The highest BCUT2D eigenvalue weighted by Gasteiger charge is 2.18. The summed E-state index contributed by atoms with van der Waals surface area (Å²) >= 11 is 0. The molecule has 3 aromatic carbocycles. The van der Waals surface area contributed by atoms with E-state index in [0.29, 0.717) is 11.6 Å². The molecule has 27 heavy (non-hydrogen) atoms. The highest BCUT2D eigenvalue weighted by Crippen LogP contribution is 2.24. The second-order valence-electron chi connectivity index (χ2n) is 5.59. The van der Waals surface area contributed by atoms with E-state index in [-0.39, 0.29) is 23.7 Å². The smallest absolute Gasteiger partial charge is 0.259 e. The Kier molecular flexibility index (Phi) is 5.40. The first kappa shape index (κ1) is 18.4. The molecule has 0 aromatic heterocycles. The van der Waals surface area contributed by atoms with Gasteiger partial charge in [-0.05, 0) is 42.0 Å². The Labute approximate surface area is 152 Å². The third kappa shape index (κ3) is 4.25. The number of halogens is 4. The van der Waals surface area contributed by atoms with E-state index in [1.807, 2.05) is 0 Å². The predicted octanol–water partition coefficient (Wildman–Crippen LogP) is 5.07. The van der Waals surface area contributed by atoms with Gasteiger partial charge in [-0.25, -0.2) is 17.6 Å². The molecule has 0 atom stereocenters. The summed E-state index contributed by atoms with van der Waals surface area (Å²) in [7, 11) is 0. The van der Waals surface area contributed by atoms with Crippen molar-refractivity contribution in [1.82, 2.24) is 0 Å². The van der Waals surface area contributed by atoms with Gasteiger partial charge in [0, 0.05) is 0 Å². The molecule has 0 aliphatic rings. The Hall–Kier alpha value is -3.35. The van der Waals surface area contributed by atoms with Gasteiger partial charge in [-0.15, -0.1) is 0 Å². The molecule has 0 bridgehead atoms. The minimum Gasteiger partial charge on any atom is -0.488 e. The number of carbonyl (C=O) groups excluding carboxylic acids is 1. The van der Waals surface area contributed by atoms with E-state index in [1.54, 1.807) is 12.1 Å². The van der Waals surface area contributed by atoms with E-state index in [4.69, 9.17) is 4.74 Å². The third-order valence-corrected chi connectivity index (χ3v) is 3.72. The Morgan fingerprint density at radius 2 is 1.56 bits per heavy atom. The monoisotopic (exact) mass is 375 g/mol. The molecule has 0 radical (unpaired) electrons. The zero-order chi connectivity index (χ0) is 19.4. The maximum absolute atomic E-state index is 13.7. The summed E-state index contributed by atoms with van der Waals surface area (Å²) in [5.41, 5.74) is 0.259. The number of nitrogens with one attached hydrogen (secondary N) is 1. The van der Waals surface area contributed by atoms with Crippen molar-refractivity contribution in [3.63, 3.8) is 0 Å². The van der Waals surface area contributed by atoms with Crippen molar-refractivity contribution >= 4 is 11.6 Å². The third-order valence-electron chi connectivity index (χ3n) is 3.72. The molecule has 0 unspecified atom stereocenters. The maximum Gasteiger partial charge on any atom is 0.259 e. The number of anilines is 1. The van der Waals surface area contributed by atoms with Crippen LogP contribution in [-0.4, -0.2) is 5.91 Å². The number of rotatable bonds is 5. The van der Waals surface area contributed by atoms with Crippen LogP contribution in [0, 0.1) is 23.3 Å². The van der Waals surface area contributed by atoms with Crippen molar-refractivity contribution in [2.45, 2.75) is 6.61 Å². The maximum atomic E-state index is 13.7. The lowest BCUT2D eigenvalue weighted by atomic mass is 10.1. The average molecular weight is 375 g/mol. The molecule has 7 heteroatoms. The summed E-state index contributed by atoms with van der Waals surface area (Å²) in [5, 5.41) is 2.19. The van der Waals surface area contributed by atoms with Gasteiger partial charge in [-0.1, -0.05) is 24.3 Å². The Bertz CT molecular complexity index is 974. The van der Waals surface area contributed by atoms with Crippen LogP contribution < -0.4 is 10.1 Å². The molecule has 0 saturated carbocycles. The molecule has 0 spiro atoms. The average Bonchev–Trinajstić information content (AvgIpc) is 2.68. The van der Waals surface area contributed by atoms with Crippen LogP contribution in [0.3, 0.4) is 0 Å². The first-order valence-electron chi connectivity index (χ1n) is 7.87. The van der Waals surface area contributed by atoms with Gasteiger partial charge < -0.3 is 10.1 Å². The molecule has 0 saturated heterocycles. The van der Waals surface area contributed by atoms with Gasteiger partial charge in [0.15, 0.2) is 17.5 Å². The minimum atomic E-state index is -1.67. The number of carbonyl (C=O) groups is 1. The van der Waals surface area contributed by atoms with Crippen LogP contribution in [0.2, 0.25) is 0 Å². The summed E-state index contributed by atoms with van der Waals surface area (Å²) in [5.74, 6) is -5.46. The highest BCUT2D eigenvalue weighted by molar-refractivity contribution is 6.06. The van der Waals surface area contributed by atoms with Crippen LogP contribution >= 0.6 is 0 Å². The van der Waals surface area contributed by atoms with E-state index in [2.05, 4.69) is 5.32 Å². The van der Waals surface area contributed by atoms with Crippen LogP contribution in [0.4, 0.5) is 23.2 Å². The Balaban J connectivity index is 1.77. The lowest BCUT2D eigenvalue weighted by Gasteiger charge is -2.12. The standard InChI is InChI=1S/C20H13F4NO2/c21-13-7-5-12(6-8-13)11-27-17-4-2-1-3-14(17)20(26)25-16-10-9-15(22)18(23)19(16)24/h1-10H,11H2,(H,25,26). The molecule has 3 aromatic rings. The largest absolute Gasteiger partial charge is 0.488 e. The van der Waals surface area contributed by atoms with E-state index >= 15 is 0 Å². The molecule has 1 amide bonds. The quantitative estimate of drug-likeness (QED) is 0.499. The second-order valence-corrected chi connectivity index (χ2v) is 5.59. The molecular weight excluding hydrogens is 362 g/mol. The number of amides is 1. The van der Waals surface area contributed by atoms with Crippen LogP contribution in [0.25, 0.3) is 0 Å². The van der Waals surface area contributed by atoms with Crippen LogP contribution in [0.1, 0.15) is 15.9 Å². The highest BCUT2D eigenvalue weighted by atomic mass is 19.2. The van der Waals surface area contributed by atoms with Crippen molar-refractivity contribution in [2.75, 3.05) is 5.32 Å². The van der Waals surface area contributed by atoms with Gasteiger partial charge in [0.2, 0.25) is 0 Å². The molecule has 0 heterocycles. The normalized spacial score (nSPS) is 10.5. The fourth-order valence-electron chi connectivity index (χ4n) is 2.33. The fraction of sp³-hybridized carbons (Fsp3) is 0.0500. The van der Waals surface area contributed by atoms with Gasteiger partial charge >= 0.3 is 0 Å². The van der Waals surface area contributed by atoms with E-state index in [9.17, 15) is 22.4 Å². The van der Waals surface area contributed by atoms with Crippen molar-refractivity contribution in [3.05, 3.63) is 95.1 Å². The first-order chi connectivity index (χ1) is 13.0. The summed E-state index contributed by atoms with van der Waals surface area (Å²) in [4.78, 5) is 12.4. The van der Waals surface area contributed by atoms with Crippen molar-refractivity contribution in [3.8, 4) is 5.75 Å². The molecule has 0 aliphatic carbocycles. The number of benzene rings is 3. The van der Waals surface area contributed by atoms with Crippen LogP contribution in [-0.2, 0) is 6.61 Å². The topological polar surface area (TPSA) is 38.3 Å². The molecule has 3 nitrogen and oxygen atoms in total. The van der Waals surface area contributed by atoms with E-state index in [0.717, 1.165) is 6.07 Å². The van der Waals surface area contributed by atoms with E-state index < -0.39 is 29.0 Å². The van der Waals surface area contributed by atoms with Gasteiger partial charge in [0.1, 0.15) is 18.2 Å². The van der Waals surface area contributed by atoms with Crippen LogP contribution in [0.15, 0.2) is 60.7 Å². The van der Waals surface area contributed by atoms with Crippen molar-refractivity contribution in [2.24, 2.45) is 0 Å². The number of hydrogen-bond acceptors (Lipinski definition) is 2. The molecule has 3 rings (SSSR count). The summed E-state index contributed by atoms with van der Waals surface area (Å²) in [6.07, 6.45) is 0.